The summed E-state index contributed by atoms with van der Waals surface area (Å²) in [5, 5.41) is 6.05. The van der Waals surface area contributed by atoms with E-state index < -0.39 is 0 Å². The maximum atomic E-state index is 11.3. The van der Waals surface area contributed by atoms with Crippen LogP contribution in [-0.4, -0.2) is 30.4 Å². The first-order valence-electron chi connectivity index (χ1n) is 6.74. The largest absolute Gasteiger partial charge is 0.340 e. The molecule has 1 aliphatic rings. The minimum Gasteiger partial charge on any atom is -0.340 e. The van der Waals surface area contributed by atoms with Crippen molar-refractivity contribution in [2.45, 2.75) is 33.2 Å². The predicted octanol–water partition coefficient (Wildman–Crippen LogP) is 1.49. The quantitative estimate of drug-likeness (QED) is 0.791. The number of carbonyl (C=O) groups excluding carboxylic acids is 2. The van der Waals surface area contributed by atoms with E-state index in [1.165, 1.54) is 0 Å². The molecule has 1 fully saturated rings. The van der Waals surface area contributed by atoms with Crippen LogP contribution in [0.1, 0.15) is 34.6 Å². The molecular weight excluding hydrogens is 242 g/mol. The van der Waals surface area contributed by atoms with Gasteiger partial charge in [-0.15, -0.1) is 0 Å². The molecule has 0 atom stereocenters. The molecule has 0 spiro atoms. The van der Waals surface area contributed by atoms with Crippen molar-refractivity contribution in [2.75, 3.05) is 18.4 Å². The molecular formula is C14H21N3O2. The summed E-state index contributed by atoms with van der Waals surface area (Å²) in [6, 6.07) is 0. The van der Waals surface area contributed by atoms with E-state index in [9.17, 15) is 9.59 Å². The topological polar surface area (TPSA) is 63.1 Å². The number of rotatable bonds is 5. The van der Waals surface area contributed by atoms with Crippen molar-refractivity contribution in [3.05, 3.63) is 17.0 Å². The molecule has 19 heavy (non-hydrogen) atoms. The van der Waals surface area contributed by atoms with Gasteiger partial charge in [0.25, 0.3) is 0 Å². The number of hydrogen-bond acceptors (Lipinski definition) is 3. The van der Waals surface area contributed by atoms with Crippen LogP contribution in [0.5, 0.6) is 0 Å². The molecule has 1 amide bonds. The zero-order valence-electron chi connectivity index (χ0n) is 11.5. The van der Waals surface area contributed by atoms with Gasteiger partial charge in [-0.25, -0.2) is 0 Å². The van der Waals surface area contributed by atoms with Gasteiger partial charge >= 0.3 is 0 Å². The van der Waals surface area contributed by atoms with Gasteiger partial charge in [-0.2, -0.15) is 0 Å². The van der Waals surface area contributed by atoms with E-state index in [1.54, 1.807) is 0 Å². The first kappa shape index (κ1) is 13.8. The maximum absolute atomic E-state index is 11.3. The van der Waals surface area contributed by atoms with Gasteiger partial charge in [0.2, 0.25) is 6.41 Å². The number of nitrogens with one attached hydrogen (secondary N) is 2. The lowest BCUT2D eigenvalue weighted by Crippen LogP contribution is -2.30. The van der Waals surface area contributed by atoms with Crippen LogP contribution < -0.4 is 10.6 Å². The Balaban J connectivity index is 2.29. The van der Waals surface area contributed by atoms with Crippen LogP contribution in [0.15, 0.2) is 0 Å². The molecule has 0 aliphatic carbocycles. The predicted molar refractivity (Wildman–Crippen MR) is 74.6 cm³/mol. The number of aromatic nitrogens is 1. The Morgan fingerprint density at radius 3 is 2.58 bits per heavy atom. The summed E-state index contributed by atoms with van der Waals surface area (Å²) in [5.74, 6) is 0.592. The van der Waals surface area contributed by atoms with Gasteiger partial charge in [-0.3, -0.25) is 9.59 Å². The normalized spacial score (nSPS) is 16.3. The highest BCUT2D eigenvalue weighted by molar-refractivity contribution is 5.84. The first-order chi connectivity index (χ1) is 9.19. The minimum atomic E-state index is 0.592. The van der Waals surface area contributed by atoms with Crippen LogP contribution in [0.2, 0.25) is 0 Å². The van der Waals surface area contributed by atoms with Crippen LogP contribution in [0.3, 0.4) is 0 Å². The summed E-state index contributed by atoms with van der Waals surface area (Å²) < 4.78 is 2.05. The Bertz CT molecular complexity index is 474. The van der Waals surface area contributed by atoms with E-state index in [1.807, 2.05) is 18.4 Å². The van der Waals surface area contributed by atoms with Crippen molar-refractivity contribution in [2.24, 2.45) is 5.92 Å². The second-order valence-electron chi connectivity index (χ2n) is 5.15. The van der Waals surface area contributed by atoms with E-state index in [2.05, 4.69) is 10.6 Å². The van der Waals surface area contributed by atoms with Crippen molar-refractivity contribution in [3.8, 4) is 0 Å². The van der Waals surface area contributed by atoms with Crippen molar-refractivity contribution in [1.82, 2.24) is 9.88 Å². The molecule has 0 radical (unpaired) electrons. The summed E-state index contributed by atoms with van der Waals surface area (Å²) in [5.41, 5.74) is 3.27. The molecule has 5 heteroatoms. The molecule has 1 aliphatic heterocycles. The van der Waals surface area contributed by atoms with Crippen molar-refractivity contribution >= 4 is 18.4 Å². The second-order valence-corrected chi connectivity index (χ2v) is 5.15. The van der Waals surface area contributed by atoms with E-state index in [0.29, 0.717) is 18.0 Å². The first-order valence-corrected chi connectivity index (χ1v) is 6.74. The van der Waals surface area contributed by atoms with Gasteiger partial charge in [0.05, 0.1) is 11.4 Å². The van der Waals surface area contributed by atoms with Crippen LogP contribution in [0, 0.1) is 19.8 Å². The van der Waals surface area contributed by atoms with Gasteiger partial charge in [0.1, 0.15) is 0 Å². The maximum Gasteiger partial charge on any atom is 0.211 e. The minimum absolute atomic E-state index is 0.592. The number of amides is 1. The molecule has 0 unspecified atom stereocenters. The smallest absolute Gasteiger partial charge is 0.211 e. The lowest BCUT2D eigenvalue weighted by atomic mass is 9.98. The Morgan fingerprint density at radius 1 is 1.32 bits per heavy atom. The fraction of sp³-hybridized carbons (Fsp3) is 0.571. The molecule has 104 valence electrons. The number of carbonyl (C=O) groups is 2. The third-order valence-electron chi connectivity index (χ3n) is 4.03. The fourth-order valence-corrected chi connectivity index (χ4v) is 2.90. The molecule has 2 N–H and O–H groups in total. The summed E-state index contributed by atoms with van der Waals surface area (Å²) in [4.78, 5) is 22.0. The number of anilines is 1. The standard InChI is InChI=1S/C14H21N3O2/c1-10-13(8-18)17(11(2)14(10)16-9-19)7-12-3-5-15-6-4-12/h8-9,12,15H,3-7H2,1-2H3,(H,16,19). The van der Waals surface area contributed by atoms with E-state index in [4.69, 9.17) is 0 Å². The average molecular weight is 263 g/mol. The summed E-state index contributed by atoms with van der Waals surface area (Å²) >= 11 is 0. The summed E-state index contributed by atoms with van der Waals surface area (Å²) in [6.45, 7) is 6.76. The lowest BCUT2D eigenvalue weighted by Gasteiger charge is -2.24. The fourth-order valence-electron chi connectivity index (χ4n) is 2.90. The highest BCUT2D eigenvalue weighted by Crippen LogP contribution is 2.28. The zero-order valence-corrected chi connectivity index (χ0v) is 11.5. The number of piperidine rings is 1. The van der Waals surface area contributed by atoms with Crippen LogP contribution in [-0.2, 0) is 11.3 Å². The van der Waals surface area contributed by atoms with Crippen LogP contribution in [0.25, 0.3) is 0 Å². The van der Waals surface area contributed by atoms with Crippen molar-refractivity contribution in [1.29, 1.82) is 0 Å². The Morgan fingerprint density at radius 2 is 2.00 bits per heavy atom. The number of aldehydes is 1. The molecule has 5 nitrogen and oxygen atoms in total. The molecule has 0 aromatic carbocycles. The zero-order chi connectivity index (χ0) is 13.8. The molecule has 1 aromatic heterocycles. The van der Waals surface area contributed by atoms with Crippen molar-refractivity contribution < 1.29 is 9.59 Å². The van der Waals surface area contributed by atoms with Gasteiger partial charge in [-0.1, -0.05) is 0 Å². The van der Waals surface area contributed by atoms with Crippen LogP contribution in [0.4, 0.5) is 5.69 Å². The van der Waals surface area contributed by atoms with Gasteiger partial charge < -0.3 is 15.2 Å². The Hall–Kier alpha value is -1.62. The monoisotopic (exact) mass is 263 g/mol. The Kier molecular flexibility index (Phi) is 4.37. The number of hydrogen-bond donors (Lipinski definition) is 2. The third-order valence-corrected chi connectivity index (χ3v) is 4.03. The van der Waals surface area contributed by atoms with Gasteiger partial charge in [-0.05, 0) is 45.7 Å². The molecule has 2 rings (SSSR count). The molecule has 2 heterocycles. The summed E-state index contributed by atoms with van der Waals surface area (Å²) in [7, 11) is 0. The highest BCUT2D eigenvalue weighted by atomic mass is 16.1. The van der Waals surface area contributed by atoms with E-state index in [-0.39, 0.29) is 0 Å². The van der Waals surface area contributed by atoms with E-state index >= 15 is 0 Å². The molecule has 1 aromatic rings. The Labute approximate surface area is 113 Å². The molecule has 0 saturated carbocycles. The average Bonchev–Trinajstić information content (AvgIpc) is 2.65. The van der Waals surface area contributed by atoms with Gasteiger partial charge in [0.15, 0.2) is 6.29 Å². The molecule has 1 saturated heterocycles. The van der Waals surface area contributed by atoms with Gasteiger partial charge in [0, 0.05) is 17.8 Å². The summed E-state index contributed by atoms with van der Waals surface area (Å²) in [6.07, 6.45) is 3.81. The number of nitrogens with zero attached hydrogens (tertiary/aromatic N) is 1. The van der Waals surface area contributed by atoms with Crippen LogP contribution >= 0.6 is 0 Å². The van der Waals surface area contributed by atoms with E-state index in [0.717, 1.165) is 55.7 Å². The SMILES string of the molecule is Cc1c(NC=O)c(C)n(CC2CCNCC2)c1C=O. The molecule has 0 bridgehead atoms. The van der Waals surface area contributed by atoms with Crippen molar-refractivity contribution in [3.63, 3.8) is 0 Å². The second kappa shape index (κ2) is 6.02. The highest BCUT2D eigenvalue weighted by Gasteiger charge is 2.20. The third kappa shape index (κ3) is 2.71. The lowest BCUT2D eigenvalue weighted by molar-refractivity contribution is -0.105.